The van der Waals surface area contributed by atoms with Crippen molar-refractivity contribution in [2.24, 2.45) is 0 Å². The Morgan fingerprint density at radius 2 is 1.66 bits per heavy atom. The van der Waals surface area contributed by atoms with Crippen LogP contribution < -0.4 is 4.90 Å². The molecule has 0 atom stereocenters. The fraction of sp³-hybridized carbons (Fsp3) is 0.429. The van der Waals surface area contributed by atoms with Crippen LogP contribution in [-0.2, 0) is 4.79 Å². The molecule has 0 N–H and O–H groups in total. The molecule has 0 bridgehead atoms. The number of nitrogens with zero attached hydrogens (tertiary/aromatic N) is 5. The summed E-state index contributed by atoms with van der Waals surface area (Å²) >= 11 is 0. The van der Waals surface area contributed by atoms with Gasteiger partial charge in [-0.3, -0.25) is 19.8 Å². The Kier molecular flexibility index (Phi) is 5.71. The van der Waals surface area contributed by atoms with Crippen molar-refractivity contribution in [3.8, 4) is 11.3 Å². The molecular formula is C21H25N5O3. The second-order valence-corrected chi connectivity index (χ2v) is 7.51. The highest BCUT2D eigenvalue weighted by Crippen LogP contribution is 2.30. The van der Waals surface area contributed by atoms with E-state index in [9.17, 15) is 14.9 Å². The van der Waals surface area contributed by atoms with Gasteiger partial charge in [0.2, 0.25) is 5.91 Å². The van der Waals surface area contributed by atoms with Gasteiger partial charge in [-0.15, -0.1) is 0 Å². The van der Waals surface area contributed by atoms with E-state index in [4.69, 9.17) is 0 Å². The van der Waals surface area contributed by atoms with E-state index in [0.717, 1.165) is 63.5 Å². The summed E-state index contributed by atoms with van der Waals surface area (Å²) in [5, 5.41) is 11.4. The van der Waals surface area contributed by atoms with E-state index < -0.39 is 0 Å². The average Bonchev–Trinajstić information content (AvgIpc) is 3.30. The molecule has 0 radical (unpaired) electrons. The number of piperazine rings is 1. The molecule has 152 valence electrons. The first-order valence-corrected chi connectivity index (χ1v) is 10.1. The molecule has 0 spiro atoms. The summed E-state index contributed by atoms with van der Waals surface area (Å²) in [6.45, 7) is 5.27. The minimum absolute atomic E-state index is 0.00907. The minimum Gasteiger partial charge on any atom is -0.354 e. The predicted molar refractivity (Wildman–Crippen MR) is 111 cm³/mol. The molecule has 8 nitrogen and oxygen atoms in total. The fourth-order valence-electron chi connectivity index (χ4n) is 3.97. The summed E-state index contributed by atoms with van der Waals surface area (Å²) in [6, 6.07) is 12.5. The SMILES string of the molecule is O=C(CN1CCN(c2ccc([N+](=O)[O-])c(-c3ccccc3)n2)CC1)N1CCCC1. The molecule has 0 aliphatic carbocycles. The van der Waals surface area contributed by atoms with E-state index in [0.29, 0.717) is 12.2 Å². The van der Waals surface area contributed by atoms with Crippen molar-refractivity contribution in [3.63, 3.8) is 0 Å². The highest BCUT2D eigenvalue weighted by molar-refractivity contribution is 5.78. The molecule has 2 saturated heterocycles. The maximum Gasteiger partial charge on any atom is 0.295 e. The zero-order chi connectivity index (χ0) is 20.2. The second kappa shape index (κ2) is 8.57. The molecule has 4 rings (SSSR count). The van der Waals surface area contributed by atoms with Crippen LogP contribution in [0.15, 0.2) is 42.5 Å². The van der Waals surface area contributed by atoms with Crippen molar-refractivity contribution in [3.05, 3.63) is 52.6 Å². The molecule has 2 aliphatic heterocycles. The van der Waals surface area contributed by atoms with Gasteiger partial charge in [0.15, 0.2) is 5.69 Å². The zero-order valence-corrected chi connectivity index (χ0v) is 16.4. The zero-order valence-electron chi connectivity index (χ0n) is 16.4. The number of pyridine rings is 1. The standard InChI is InChI=1S/C21H25N5O3/c27-20(25-10-4-5-11-25)16-23-12-14-24(15-13-23)19-9-8-18(26(28)29)21(22-19)17-6-2-1-3-7-17/h1-3,6-9H,4-5,10-16H2. The van der Waals surface area contributed by atoms with Crippen LogP contribution in [0.1, 0.15) is 12.8 Å². The van der Waals surface area contributed by atoms with E-state index in [1.54, 1.807) is 6.07 Å². The molecule has 0 saturated carbocycles. The normalized spacial score (nSPS) is 17.5. The third kappa shape index (κ3) is 4.37. The molecule has 2 fully saturated rings. The molecule has 1 aromatic heterocycles. The van der Waals surface area contributed by atoms with Gasteiger partial charge < -0.3 is 9.80 Å². The quantitative estimate of drug-likeness (QED) is 0.571. The number of nitro groups is 1. The maximum atomic E-state index is 12.4. The molecule has 8 heteroatoms. The number of hydrogen-bond acceptors (Lipinski definition) is 6. The molecule has 1 aromatic carbocycles. The molecule has 2 aromatic rings. The fourth-order valence-corrected chi connectivity index (χ4v) is 3.97. The Balaban J connectivity index is 1.44. The molecule has 1 amide bonds. The van der Waals surface area contributed by atoms with Gasteiger partial charge in [0.25, 0.3) is 5.69 Å². The average molecular weight is 395 g/mol. The monoisotopic (exact) mass is 395 g/mol. The van der Waals surface area contributed by atoms with Gasteiger partial charge in [-0.25, -0.2) is 4.98 Å². The first-order chi connectivity index (χ1) is 14.1. The Hall–Kier alpha value is -3.00. The van der Waals surface area contributed by atoms with Gasteiger partial charge in [0.1, 0.15) is 5.82 Å². The number of carbonyl (C=O) groups excluding carboxylic acids is 1. The van der Waals surface area contributed by atoms with Crippen LogP contribution in [0.4, 0.5) is 11.5 Å². The lowest BCUT2D eigenvalue weighted by Gasteiger charge is -2.35. The lowest BCUT2D eigenvalue weighted by molar-refractivity contribution is -0.384. The summed E-state index contributed by atoms with van der Waals surface area (Å²) in [4.78, 5) is 34.3. The van der Waals surface area contributed by atoms with E-state index in [1.807, 2.05) is 35.2 Å². The van der Waals surface area contributed by atoms with Crippen LogP contribution in [0.5, 0.6) is 0 Å². The van der Waals surface area contributed by atoms with E-state index in [1.165, 1.54) is 6.07 Å². The van der Waals surface area contributed by atoms with E-state index in [2.05, 4.69) is 14.8 Å². The van der Waals surface area contributed by atoms with Crippen molar-refractivity contribution in [1.82, 2.24) is 14.8 Å². The van der Waals surface area contributed by atoms with Crippen LogP contribution in [-0.4, -0.2) is 71.4 Å². The molecule has 2 aliphatic rings. The topological polar surface area (TPSA) is 82.8 Å². The number of carbonyl (C=O) groups is 1. The van der Waals surface area contributed by atoms with Gasteiger partial charge in [0.05, 0.1) is 11.5 Å². The summed E-state index contributed by atoms with van der Waals surface area (Å²) in [5.41, 5.74) is 1.13. The lowest BCUT2D eigenvalue weighted by atomic mass is 10.1. The number of rotatable bonds is 5. The Morgan fingerprint density at radius 1 is 0.966 bits per heavy atom. The third-order valence-corrected chi connectivity index (χ3v) is 5.62. The summed E-state index contributed by atoms with van der Waals surface area (Å²) in [5.74, 6) is 0.954. The van der Waals surface area contributed by atoms with Crippen molar-refractivity contribution >= 4 is 17.4 Å². The first-order valence-electron chi connectivity index (χ1n) is 10.1. The van der Waals surface area contributed by atoms with Crippen molar-refractivity contribution < 1.29 is 9.72 Å². The van der Waals surface area contributed by atoms with Crippen molar-refractivity contribution in [1.29, 1.82) is 0 Å². The summed E-state index contributed by atoms with van der Waals surface area (Å²) < 4.78 is 0. The van der Waals surface area contributed by atoms with Crippen LogP contribution >= 0.6 is 0 Å². The number of benzene rings is 1. The molecular weight excluding hydrogens is 370 g/mol. The summed E-state index contributed by atoms with van der Waals surface area (Å²) in [6.07, 6.45) is 2.21. The maximum absolute atomic E-state index is 12.4. The number of hydrogen-bond donors (Lipinski definition) is 0. The Labute approximate surface area is 169 Å². The predicted octanol–water partition coefficient (Wildman–Crippen LogP) is 2.40. The van der Waals surface area contributed by atoms with E-state index in [-0.39, 0.29) is 16.5 Å². The molecule has 3 heterocycles. The van der Waals surface area contributed by atoms with Gasteiger partial charge in [-0.1, -0.05) is 30.3 Å². The van der Waals surface area contributed by atoms with Gasteiger partial charge in [0, 0.05) is 50.9 Å². The smallest absolute Gasteiger partial charge is 0.295 e. The summed E-state index contributed by atoms with van der Waals surface area (Å²) in [7, 11) is 0. The third-order valence-electron chi connectivity index (χ3n) is 5.62. The van der Waals surface area contributed by atoms with Crippen LogP contribution in [0.2, 0.25) is 0 Å². The highest BCUT2D eigenvalue weighted by Gasteiger charge is 2.25. The first kappa shape index (κ1) is 19.3. The van der Waals surface area contributed by atoms with Crippen molar-refractivity contribution in [2.45, 2.75) is 12.8 Å². The van der Waals surface area contributed by atoms with Crippen molar-refractivity contribution in [2.75, 3.05) is 50.7 Å². The second-order valence-electron chi connectivity index (χ2n) is 7.51. The van der Waals surface area contributed by atoms with Gasteiger partial charge >= 0.3 is 0 Å². The molecule has 0 unspecified atom stereocenters. The van der Waals surface area contributed by atoms with Crippen LogP contribution in [0.25, 0.3) is 11.3 Å². The molecule has 29 heavy (non-hydrogen) atoms. The Bertz CT molecular complexity index is 875. The largest absolute Gasteiger partial charge is 0.354 e. The lowest BCUT2D eigenvalue weighted by Crippen LogP contribution is -2.50. The van der Waals surface area contributed by atoms with Crippen LogP contribution in [0, 0.1) is 10.1 Å². The number of amides is 1. The van der Waals surface area contributed by atoms with Crippen LogP contribution in [0.3, 0.4) is 0 Å². The minimum atomic E-state index is -0.388. The van der Waals surface area contributed by atoms with E-state index >= 15 is 0 Å². The van der Waals surface area contributed by atoms with Gasteiger partial charge in [-0.2, -0.15) is 0 Å². The number of anilines is 1. The Morgan fingerprint density at radius 3 is 2.31 bits per heavy atom. The number of likely N-dealkylation sites (tertiary alicyclic amines) is 1. The highest BCUT2D eigenvalue weighted by atomic mass is 16.6. The van der Waals surface area contributed by atoms with Gasteiger partial charge in [-0.05, 0) is 18.9 Å². The number of aromatic nitrogens is 1.